The van der Waals surface area contributed by atoms with Crippen LogP contribution in [0.1, 0.15) is 39.0 Å². The van der Waals surface area contributed by atoms with Gasteiger partial charge in [-0.15, -0.1) is 0 Å². The van der Waals surface area contributed by atoms with Crippen LogP contribution in [0.15, 0.2) is 11.8 Å². The average Bonchev–Trinajstić information content (AvgIpc) is 2.69. The van der Waals surface area contributed by atoms with Gasteiger partial charge in [0, 0.05) is 10.5 Å². The molecule has 1 unspecified atom stereocenters. The molecule has 1 heterocycles. The fourth-order valence-corrected chi connectivity index (χ4v) is 2.28. The Hall–Kier alpha value is -0.110. The van der Waals surface area contributed by atoms with Gasteiger partial charge in [0.25, 0.3) is 0 Å². The molecule has 2 rings (SSSR count). The minimum absolute atomic E-state index is 0.564. The lowest BCUT2D eigenvalue weighted by atomic mass is 10.1. The maximum Gasteiger partial charge on any atom is 0.0886 e. The number of ether oxygens (including phenoxy) is 1. The fourth-order valence-electron chi connectivity index (χ4n) is 1.67. The van der Waals surface area contributed by atoms with E-state index in [4.69, 9.17) is 4.74 Å². The van der Waals surface area contributed by atoms with Crippen LogP contribution in [0.2, 0.25) is 0 Å². The smallest absolute Gasteiger partial charge is 0.0886 e. The van der Waals surface area contributed by atoms with Crippen LogP contribution in [0.25, 0.3) is 0 Å². The third-order valence-corrected chi connectivity index (χ3v) is 4.36. The molecule has 1 nitrogen and oxygen atoms in total. The Morgan fingerprint density at radius 3 is 2.77 bits per heavy atom. The topological polar surface area (TPSA) is 9.23 Å². The van der Waals surface area contributed by atoms with Gasteiger partial charge in [0.05, 0.1) is 12.9 Å². The number of rotatable bonds is 4. The predicted octanol–water partition coefficient (Wildman–Crippen LogP) is 3.36. The quantitative estimate of drug-likeness (QED) is 0.389. The molecular weight excluding hydrogens is 180 g/mol. The highest BCUT2D eigenvalue weighted by atomic mass is 32.2. The normalized spacial score (nSPS) is 31.9. The second-order valence-corrected chi connectivity index (χ2v) is 5.91. The number of hydrogen-bond acceptors (Lipinski definition) is 2. The van der Waals surface area contributed by atoms with E-state index < -0.39 is 0 Å². The number of thioether (sulfide) groups is 1. The van der Waals surface area contributed by atoms with Gasteiger partial charge in [-0.3, -0.25) is 0 Å². The van der Waals surface area contributed by atoms with Gasteiger partial charge in [0.1, 0.15) is 0 Å². The SMILES string of the molecule is CC1(CCOC=C2CCCC2)CS1. The fraction of sp³-hybridized carbons (Fsp3) is 0.818. The zero-order valence-corrected chi connectivity index (χ0v) is 9.16. The molecule has 0 amide bonds. The summed E-state index contributed by atoms with van der Waals surface area (Å²) in [6, 6.07) is 0. The Morgan fingerprint density at radius 1 is 1.46 bits per heavy atom. The van der Waals surface area contributed by atoms with Crippen molar-refractivity contribution in [1.29, 1.82) is 0 Å². The first-order chi connectivity index (χ1) is 6.29. The van der Waals surface area contributed by atoms with Gasteiger partial charge in [-0.05, 0) is 44.6 Å². The summed E-state index contributed by atoms with van der Waals surface area (Å²) in [6.45, 7) is 3.23. The molecule has 0 bridgehead atoms. The third kappa shape index (κ3) is 2.94. The van der Waals surface area contributed by atoms with Crippen LogP contribution in [-0.4, -0.2) is 17.1 Å². The van der Waals surface area contributed by atoms with Crippen LogP contribution in [0, 0.1) is 0 Å². The van der Waals surface area contributed by atoms with E-state index in [-0.39, 0.29) is 0 Å². The van der Waals surface area contributed by atoms with Crippen molar-refractivity contribution >= 4 is 11.8 Å². The highest BCUT2D eigenvalue weighted by Crippen LogP contribution is 2.46. The Bertz CT molecular complexity index is 198. The maximum atomic E-state index is 5.56. The van der Waals surface area contributed by atoms with Gasteiger partial charge in [-0.1, -0.05) is 0 Å². The molecule has 1 saturated carbocycles. The van der Waals surface area contributed by atoms with E-state index in [0.717, 1.165) is 6.61 Å². The molecule has 0 aromatic rings. The summed E-state index contributed by atoms with van der Waals surface area (Å²) >= 11 is 2.05. The molecule has 1 aliphatic carbocycles. The van der Waals surface area contributed by atoms with E-state index in [1.807, 2.05) is 6.26 Å². The van der Waals surface area contributed by atoms with Crippen molar-refractivity contribution in [3.63, 3.8) is 0 Å². The first kappa shape index (κ1) is 9.45. The number of hydrogen-bond donors (Lipinski definition) is 0. The van der Waals surface area contributed by atoms with Gasteiger partial charge in [-0.2, -0.15) is 11.8 Å². The lowest BCUT2D eigenvalue weighted by molar-refractivity contribution is 0.235. The Labute approximate surface area is 84.9 Å². The molecule has 1 atom stereocenters. The molecule has 0 aromatic heterocycles. The summed E-state index contributed by atoms with van der Waals surface area (Å²) < 4.78 is 6.12. The summed E-state index contributed by atoms with van der Waals surface area (Å²) in [5.74, 6) is 1.33. The van der Waals surface area contributed by atoms with E-state index in [1.54, 1.807) is 0 Å². The van der Waals surface area contributed by atoms with Crippen LogP contribution in [0.5, 0.6) is 0 Å². The highest BCUT2D eigenvalue weighted by Gasteiger charge is 2.37. The summed E-state index contributed by atoms with van der Waals surface area (Å²) in [5, 5.41) is 0. The zero-order valence-electron chi connectivity index (χ0n) is 8.34. The van der Waals surface area contributed by atoms with Crippen molar-refractivity contribution in [3.05, 3.63) is 11.8 Å². The van der Waals surface area contributed by atoms with Crippen LogP contribution in [0.3, 0.4) is 0 Å². The molecule has 2 heteroatoms. The highest BCUT2D eigenvalue weighted by molar-refractivity contribution is 8.07. The van der Waals surface area contributed by atoms with Crippen LogP contribution in [0.4, 0.5) is 0 Å². The molecular formula is C11H18OS. The van der Waals surface area contributed by atoms with Crippen molar-refractivity contribution in [1.82, 2.24) is 0 Å². The van der Waals surface area contributed by atoms with E-state index in [9.17, 15) is 0 Å². The summed E-state index contributed by atoms with van der Waals surface area (Å²) in [6.07, 6.45) is 8.49. The maximum absolute atomic E-state index is 5.56. The minimum atomic E-state index is 0.564. The standard InChI is InChI=1S/C11H18OS/c1-11(9-13-11)6-7-12-8-10-4-2-3-5-10/h8H,2-7,9H2,1H3. The van der Waals surface area contributed by atoms with E-state index >= 15 is 0 Å². The molecule has 13 heavy (non-hydrogen) atoms. The molecule has 0 radical (unpaired) electrons. The van der Waals surface area contributed by atoms with Crippen molar-refractivity contribution in [2.24, 2.45) is 0 Å². The van der Waals surface area contributed by atoms with Crippen LogP contribution in [-0.2, 0) is 4.74 Å². The monoisotopic (exact) mass is 198 g/mol. The van der Waals surface area contributed by atoms with E-state index in [0.29, 0.717) is 4.75 Å². The van der Waals surface area contributed by atoms with Gasteiger partial charge < -0.3 is 4.74 Å². The lowest BCUT2D eigenvalue weighted by Gasteiger charge is -2.06. The first-order valence-corrected chi connectivity index (χ1v) is 6.21. The Morgan fingerprint density at radius 2 is 2.15 bits per heavy atom. The average molecular weight is 198 g/mol. The molecule has 2 aliphatic rings. The Balaban J connectivity index is 1.60. The van der Waals surface area contributed by atoms with Crippen molar-refractivity contribution in [3.8, 4) is 0 Å². The molecule has 1 saturated heterocycles. The van der Waals surface area contributed by atoms with Gasteiger partial charge >= 0.3 is 0 Å². The van der Waals surface area contributed by atoms with Crippen LogP contribution >= 0.6 is 11.8 Å². The molecule has 2 fully saturated rings. The van der Waals surface area contributed by atoms with Crippen molar-refractivity contribution in [2.45, 2.75) is 43.8 Å². The minimum Gasteiger partial charge on any atom is -0.501 e. The summed E-state index contributed by atoms with van der Waals surface area (Å²) in [4.78, 5) is 0. The molecule has 74 valence electrons. The molecule has 0 aromatic carbocycles. The van der Waals surface area contributed by atoms with Crippen molar-refractivity contribution in [2.75, 3.05) is 12.4 Å². The van der Waals surface area contributed by atoms with Crippen molar-refractivity contribution < 1.29 is 4.74 Å². The molecule has 0 spiro atoms. The van der Waals surface area contributed by atoms with Gasteiger partial charge in [-0.25, -0.2) is 0 Å². The van der Waals surface area contributed by atoms with E-state index in [1.165, 1.54) is 43.4 Å². The number of allylic oxidation sites excluding steroid dienone is 1. The first-order valence-electron chi connectivity index (χ1n) is 5.22. The molecule has 0 N–H and O–H groups in total. The molecule has 1 aliphatic heterocycles. The lowest BCUT2D eigenvalue weighted by Crippen LogP contribution is -2.05. The summed E-state index contributed by atoms with van der Waals surface area (Å²) in [7, 11) is 0. The van der Waals surface area contributed by atoms with Gasteiger partial charge in [0.15, 0.2) is 0 Å². The predicted molar refractivity (Wildman–Crippen MR) is 58.0 cm³/mol. The Kier molecular flexibility index (Phi) is 2.87. The third-order valence-electron chi connectivity index (χ3n) is 2.88. The van der Waals surface area contributed by atoms with E-state index in [2.05, 4.69) is 18.7 Å². The van der Waals surface area contributed by atoms with Gasteiger partial charge in [0.2, 0.25) is 0 Å². The second-order valence-electron chi connectivity index (χ2n) is 4.34. The largest absolute Gasteiger partial charge is 0.501 e. The second kappa shape index (κ2) is 3.95. The summed E-state index contributed by atoms with van der Waals surface area (Å²) in [5.41, 5.74) is 1.52. The zero-order chi connectivity index (χ0) is 9.15. The van der Waals surface area contributed by atoms with Crippen LogP contribution < -0.4 is 0 Å².